The van der Waals surface area contributed by atoms with Gasteiger partial charge in [0, 0.05) is 6.54 Å². The molecule has 0 radical (unpaired) electrons. The fraction of sp³-hybridized carbons (Fsp3) is 0.222. The van der Waals surface area contributed by atoms with E-state index in [9.17, 15) is 23.3 Å². The van der Waals surface area contributed by atoms with Crippen LogP contribution in [0, 0.1) is 10.1 Å². The smallest absolute Gasteiger partial charge is 0.404 e. The molecule has 5 N–H and O–H groups in total. The molecule has 20 heavy (non-hydrogen) atoms. The van der Waals surface area contributed by atoms with Crippen LogP contribution >= 0.6 is 0 Å². The van der Waals surface area contributed by atoms with Crippen LogP contribution in [0.25, 0.3) is 0 Å². The van der Waals surface area contributed by atoms with E-state index in [-0.39, 0.29) is 18.8 Å². The number of ether oxygens (including phenoxy) is 1. The summed E-state index contributed by atoms with van der Waals surface area (Å²) in [5.41, 5.74) is 9.10. The summed E-state index contributed by atoms with van der Waals surface area (Å²) in [5.74, 6) is 0. The molecule has 0 aliphatic carbocycles. The second kappa shape index (κ2) is 6.16. The third-order valence-electron chi connectivity index (χ3n) is 2.14. The monoisotopic (exact) mass is 304 g/mol. The van der Waals surface area contributed by atoms with Gasteiger partial charge in [-0.15, -0.1) is 0 Å². The lowest BCUT2D eigenvalue weighted by Gasteiger charge is -2.08. The summed E-state index contributed by atoms with van der Waals surface area (Å²) in [5, 5.41) is 10.9. The van der Waals surface area contributed by atoms with Crippen LogP contribution < -0.4 is 16.2 Å². The molecule has 0 bridgehead atoms. The van der Waals surface area contributed by atoms with Crippen LogP contribution in [-0.2, 0) is 14.8 Å². The van der Waals surface area contributed by atoms with E-state index in [1.165, 1.54) is 12.1 Å². The molecule has 0 spiro atoms. The molecule has 0 fully saturated rings. The van der Waals surface area contributed by atoms with E-state index >= 15 is 0 Å². The van der Waals surface area contributed by atoms with E-state index in [2.05, 4.69) is 4.74 Å². The van der Waals surface area contributed by atoms with Gasteiger partial charge in [-0.1, -0.05) is 6.07 Å². The van der Waals surface area contributed by atoms with Crippen LogP contribution in [0.2, 0.25) is 0 Å². The molecule has 1 rings (SSSR count). The van der Waals surface area contributed by atoms with Gasteiger partial charge in [0.1, 0.15) is 12.3 Å². The zero-order valence-electron chi connectivity index (χ0n) is 10.1. The highest BCUT2D eigenvalue weighted by molar-refractivity contribution is 7.89. The number of hydrogen-bond acceptors (Lipinski definition) is 7. The Morgan fingerprint density at radius 1 is 1.45 bits per heavy atom. The average Bonchev–Trinajstić information content (AvgIpc) is 2.33. The van der Waals surface area contributed by atoms with E-state index < -0.39 is 31.6 Å². The number of nitrogens with one attached hydrogen (secondary N) is 1. The van der Waals surface area contributed by atoms with E-state index in [1.807, 2.05) is 4.72 Å². The van der Waals surface area contributed by atoms with Gasteiger partial charge in [0.25, 0.3) is 0 Å². The van der Waals surface area contributed by atoms with E-state index in [1.54, 1.807) is 0 Å². The fourth-order valence-corrected chi connectivity index (χ4v) is 2.57. The first-order valence-electron chi connectivity index (χ1n) is 5.20. The quantitative estimate of drug-likeness (QED) is 0.277. The SMILES string of the molecule is NC(=O)OCCNS(=O)(=O)c1cccc(N)c1[N+](=O)[O-]. The Morgan fingerprint density at radius 2 is 2.10 bits per heavy atom. The number of carbonyl (C=O) groups excluding carboxylic acids is 1. The number of primary amides is 1. The number of sulfonamides is 1. The number of anilines is 1. The van der Waals surface area contributed by atoms with Crippen molar-refractivity contribution in [2.75, 3.05) is 18.9 Å². The molecule has 11 heteroatoms. The molecular weight excluding hydrogens is 292 g/mol. The van der Waals surface area contributed by atoms with E-state index in [0.29, 0.717) is 0 Å². The van der Waals surface area contributed by atoms with Crippen molar-refractivity contribution in [3.05, 3.63) is 28.3 Å². The predicted molar refractivity (Wildman–Crippen MR) is 68.2 cm³/mol. The molecule has 0 saturated heterocycles. The zero-order chi connectivity index (χ0) is 15.3. The topological polar surface area (TPSA) is 168 Å². The van der Waals surface area contributed by atoms with Crippen molar-refractivity contribution in [2.45, 2.75) is 4.90 Å². The number of nitrogens with two attached hydrogens (primary N) is 2. The van der Waals surface area contributed by atoms with Gasteiger partial charge >= 0.3 is 11.8 Å². The number of hydrogen-bond donors (Lipinski definition) is 3. The van der Waals surface area contributed by atoms with Gasteiger partial charge in [0.15, 0.2) is 4.90 Å². The molecule has 1 aromatic carbocycles. The molecule has 110 valence electrons. The number of benzene rings is 1. The number of nitrogens with zero attached hydrogens (tertiary/aromatic N) is 1. The number of nitro groups is 1. The number of nitro benzene ring substituents is 1. The van der Waals surface area contributed by atoms with Gasteiger partial charge in [-0.25, -0.2) is 17.9 Å². The first-order valence-corrected chi connectivity index (χ1v) is 6.69. The summed E-state index contributed by atoms with van der Waals surface area (Å²) < 4.78 is 30.2. The van der Waals surface area contributed by atoms with Gasteiger partial charge in [-0.05, 0) is 12.1 Å². The molecular formula is C9H12N4O6S. The molecule has 1 amide bonds. The van der Waals surface area contributed by atoms with Crippen LogP contribution in [0.15, 0.2) is 23.1 Å². The number of rotatable bonds is 6. The third kappa shape index (κ3) is 3.80. The molecule has 0 heterocycles. The Bertz CT molecular complexity index is 629. The Hall–Kier alpha value is -2.40. The largest absolute Gasteiger partial charge is 0.448 e. The predicted octanol–water partition coefficient (Wildman–Crippen LogP) is -0.449. The van der Waals surface area contributed by atoms with Gasteiger partial charge in [0.05, 0.1) is 4.92 Å². The van der Waals surface area contributed by atoms with Gasteiger partial charge < -0.3 is 16.2 Å². The molecule has 1 aromatic rings. The minimum atomic E-state index is -4.16. The highest BCUT2D eigenvalue weighted by Crippen LogP contribution is 2.29. The van der Waals surface area contributed by atoms with Gasteiger partial charge in [0.2, 0.25) is 10.0 Å². The Balaban J connectivity index is 2.96. The Morgan fingerprint density at radius 3 is 2.65 bits per heavy atom. The van der Waals surface area contributed by atoms with Crippen LogP contribution in [0.3, 0.4) is 0 Å². The molecule has 0 saturated carbocycles. The summed E-state index contributed by atoms with van der Waals surface area (Å²) in [6.45, 7) is -0.581. The first-order chi connectivity index (χ1) is 9.25. The number of amides is 1. The van der Waals surface area contributed by atoms with Crippen molar-refractivity contribution in [2.24, 2.45) is 5.73 Å². The lowest BCUT2D eigenvalue weighted by atomic mass is 10.3. The number of carbonyl (C=O) groups is 1. The molecule has 0 aliphatic heterocycles. The molecule has 10 nitrogen and oxygen atoms in total. The highest BCUT2D eigenvalue weighted by atomic mass is 32.2. The summed E-state index contributed by atoms with van der Waals surface area (Å²) in [7, 11) is -4.16. The second-order valence-electron chi connectivity index (χ2n) is 3.52. The summed E-state index contributed by atoms with van der Waals surface area (Å²) in [6, 6.07) is 3.54. The van der Waals surface area contributed by atoms with Crippen molar-refractivity contribution in [1.82, 2.24) is 4.72 Å². The minimum absolute atomic E-state index is 0.272. The van der Waals surface area contributed by atoms with Crippen molar-refractivity contribution in [3.63, 3.8) is 0 Å². The zero-order valence-corrected chi connectivity index (χ0v) is 10.9. The lowest BCUT2D eigenvalue weighted by Crippen LogP contribution is -2.29. The normalized spacial score (nSPS) is 11.0. The lowest BCUT2D eigenvalue weighted by molar-refractivity contribution is -0.386. The average molecular weight is 304 g/mol. The van der Waals surface area contributed by atoms with Gasteiger partial charge in [-0.3, -0.25) is 10.1 Å². The van der Waals surface area contributed by atoms with Crippen molar-refractivity contribution in [3.8, 4) is 0 Å². The summed E-state index contributed by atoms with van der Waals surface area (Å²) in [4.78, 5) is 19.7. The molecule has 0 unspecified atom stereocenters. The summed E-state index contributed by atoms with van der Waals surface area (Å²) >= 11 is 0. The maximum atomic E-state index is 11.9. The van der Waals surface area contributed by atoms with Crippen LogP contribution in [-0.4, -0.2) is 32.6 Å². The maximum Gasteiger partial charge on any atom is 0.404 e. The second-order valence-corrected chi connectivity index (χ2v) is 5.25. The van der Waals surface area contributed by atoms with Crippen LogP contribution in [0.1, 0.15) is 0 Å². The van der Waals surface area contributed by atoms with E-state index in [4.69, 9.17) is 11.5 Å². The fourth-order valence-electron chi connectivity index (χ4n) is 1.36. The Kier molecular flexibility index (Phi) is 4.83. The molecule has 0 aromatic heterocycles. The number of nitrogen functional groups attached to an aromatic ring is 1. The van der Waals surface area contributed by atoms with Crippen LogP contribution in [0.5, 0.6) is 0 Å². The van der Waals surface area contributed by atoms with Crippen molar-refractivity contribution < 1.29 is 22.9 Å². The highest BCUT2D eigenvalue weighted by Gasteiger charge is 2.27. The van der Waals surface area contributed by atoms with Crippen LogP contribution in [0.4, 0.5) is 16.2 Å². The minimum Gasteiger partial charge on any atom is -0.448 e. The summed E-state index contributed by atoms with van der Waals surface area (Å²) in [6.07, 6.45) is -1.06. The van der Waals surface area contributed by atoms with Crippen molar-refractivity contribution in [1.29, 1.82) is 0 Å². The van der Waals surface area contributed by atoms with Crippen molar-refractivity contribution >= 4 is 27.5 Å². The third-order valence-corrected chi connectivity index (χ3v) is 3.63. The Labute approximate surface area is 113 Å². The molecule has 0 aliphatic rings. The van der Waals surface area contributed by atoms with Gasteiger partial charge in [-0.2, -0.15) is 0 Å². The van der Waals surface area contributed by atoms with E-state index in [0.717, 1.165) is 6.07 Å². The first kappa shape index (κ1) is 15.7. The number of para-hydroxylation sites is 1. The maximum absolute atomic E-state index is 11.9. The standard InChI is InChI=1S/C9H12N4O6S/c10-6-2-1-3-7(8(6)13(15)16)20(17,18)12-4-5-19-9(11)14/h1-3,12H,4-5,10H2,(H2,11,14). The molecule has 0 atom stereocenters.